The van der Waals surface area contributed by atoms with Crippen LogP contribution in [0.2, 0.25) is 0 Å². The maximum Gasteiger partial charge on any atom is 0.105 e. The van der Waals surface area contributed by atoms with E-state index in [9.17, 15) is 0 Å². The van der Waals surface area contributed by atoms with Crippen molar-refractivity contribution in [2.24, 2.45) is 4.99 Å². The van der Waals surface area contributed by atoms with Gasteiger partial charge in [0.2, 0.25) is 0 Å². The van der Waals surface area contributed by atoms with Crippen LogP contribution in [0.5, 0.6) is 0 Å². The summed E-state index contributed by atoms with van der Waals surface area (Å²) >= 11 is 0. The molecular weight excluding hydrogens is 246 g/mol. The van der Waals surface area contributed by atoms with E-state index in [1.54, 1.807) is 0 Å². The van der Waals surface area contributed by atoms with Crippen molar-refractivity contribution >= 4 is 17.2 Å². The number of para-hydroxylation sites is 2. The number of rotatable bonds is 2. The Bertz CT molecular complexity index is 475. The molecule has 3 nitrogen and oxygen atoms in total. The van der Waals surface area contributed by atoms with Crippen molar-refractivity contribution in [1.82, 2.24) is 4.90 Å². The van der Waals surface area contributed by atoms with Crippen LogP contribution in [0, 0.1) is 0 Å². The number of anilines is 1. The molecule has 3 heteroatoms. The number of aliphatic imine (C=N–C) groups is 1. The van der Waals surface area contributed by atoms with Crippen LogP contribution in [0.4, 0.5) is 11.4 Å². The number of hydrogen-bond acceptors (Lipinski definition) is 2. The van der Waals surface area contributed by atoms with Gasteiger partial charge in [-0.15, -0.1) is 0 Å². The Morgan fingerprint density at radius 2 is 1.65 bits per heavy atom. The summed E-state index contributed by atoms with van der Waals surface area (Å²) in [6.07, 6.45) is 7.68. The number of nitrogens with zero attached hydrogens (tertiary/aromatic N) is 3. The molecule has 0 radical (unpaired) electrons. The third-order valence-electron chi connectivity index (χ3n) is 4.41. The fourth-order valence-corrected chi connectivity index (χ4v) is 3.19. The van der Waals surface area contributed by atoms with Gasteiger partial charge in [0.1, 0.15) is 5.84 Å². The van der Waals surface area contributed by atoms with Crippen molar-refractivity contribution < 1.29 is 0 Å². The molecule has 2 heterocycles. The highest BCUT2D eigenvalue weighted by atomic mass is 15.2. The van der Waals surface area contributed by atoms with Gasteiger partial charge in [-0.2, -0.15) is 0 Å². The first-order valence-corrected chi connectivity index (χ1v) is 7.97. The third kappa shape index (κ3) is 2.97. The zero-order valence-corrected chi connectivity index (χ0v) is 12.5. The Balaban J connectivity index is 1.87. The molecule has 0 atom stereocenters. The smallest absolute Gasteiger partial charge is 0.105 e. The lowest BCUT2D eigenvalue weighted by Gasteiger charge is -2.31. The van der Waals surface area contributed by atoms with Crippen molar-refractivity contribution in [3.8, 4) is 0 Å². The molecule has 2 aliphatic heterocycles. The van der Waals surface area contributed by atoms with E-state index in [-0.39, 0.29) is 0 Å². The van der Waals surface area contributed by atoms with Gasteiger partial charge in [0.05, 0.1) is 11.4 Å². The van der Waals surface area contributed by atoms with Crippen LogP contribution in [0.15, 0.2) is 29.3 Å². The summed E-state index contributed by atoms with van der Waals surface area (Å²) in [5.41, 5.74) is 2.47. The summed E-state index contributed by atoms with van der Waals surface area (Å²) in [4.78, 5) is 9.80. The Morgan fingerprint density at radius 1 is 0.900 bits per heavy atom. The molecule has 1 aromatic carbocycles. The molecular formula is C17H25N3. The summed E-state index contributed by atoms with van der Waals surface area (Å²) < 4.78 is 0. The first-order valence-electron chi connectivity index (χ1n) is 7.97. The van der Waals surface area contributed by atoms with Crippen LogP contribution < -0.4 is 4.90 Å². The minimum absolute atomic E-state index is 1.12. The van der Waals surface area contributed by atoms with Crippen LogP contribution >= 0.6 is 0 Å². The van der Waals surface area contributed by atoms with E-state index >= 15 is 0 Å². The monoisotopic (exact) mass is 271 g/mol. The predicted octanol–water partition coefficient (Wildman–Crippen LogP) is 3.82. The molecule has 0 saturated carbocycles. The van der Waals surface area contributed by atoms with E-state index in [0.717, 1.165) is 18.7 Å². The SMILES string of the molecule is CN1CCCCC1=Nc1ccccc1N1CCCCC1. The van der Waals surface area contributed by atoms with Gasteiger partial charge in [0.25, 0.3) is 0 Å². The molecule has 0 unspecified atom stereocenters. The van der Waals surface area contributed by atoms with Gasteiger partial charge in [0.15, 0.2) is 0 Å². The second-order valence-electron chi connectivity index (χ2n) is 5.94. The van der Waals surface area contributed by atoms with E-state index in [4.69, 9.17) is 4.99 Å². The lowest BCUT2D eigenvalue weighted by atomic mass is 10.1. The van der Waals surface area contributed by atoms with E-state index in [1.165, 1.54) is 56.7 Å². The topological polar surface area (TPSA) is 18.8 Å². The molecule has 2 saturated heterocycles. The molecule has 0 bridgehead atoms. The van der Waals surface area contributed by atoms with Crippen molar-refractivity contribution in [2.45, 2.75) is 38.5 Å². The van der Waals surface area contributed by atoms with Gasteiger partial charge in [-0.25, -0.2) is 4.99 Å². The second kappa shape index (κ2) is 6.29. The molecule has 20 heavy (non-hydrogen) atoms. The Labute approximate surface area is 122 Å². The van der Waals surface area contributed by atoms with Crippen molar-refractivity contribution in [1.29, 1.82) is 0 Å². The largest absolute Gasteiger partial charge is 0.370 e. The first kappa shape index (κ1) is 13.5. The summed E-state index contributed by atoms with van der Waals surface area (Å²) in [6.45, 7) is 3.50. The fraction of sp³-hybridized carbons (Fsp3) is 0.588. The predicted molar refractivity (Wildman–Crippen MR) is 86.1 cm³/mol. The number of amidine groups is 1. The Kier molecular flexibility index (Phi) is 4.24. The highest BCUT2D eigenvalue weighted by Gasteiger charge is 2.16. The average Bonchev–Trinajstić information content (AvgIpc) is 2.51. The molecule has 3 rings (SSSR count). The fourth-order valence-electron chi connectivity index (χ4n) is 3.19. The van der Waals surface area contributed by atoms with Crippen molar-refractivity contribution in [2.75, 3.05) is 31.6 Å². The standard InChI is InChI=1S/C17H25N3/c1-19-12-8-5-11-17(19)18-15-9-3-4-10-16(15)20-13-6-2-7-14-20/h3-4,9-10H,2,5-8,11-14H2,1H3. The molecule has 0 aromatic heterocycles. The lowest BCUT2D eigenvalue weighted by molar-refractivity contribution is 0.434. The molecule has 0 amide bonds. The van der Waals surface area contributed by atoms with Gasteiger partial charge < -0.3 is 9.80 Å². The maximum absolute atomic E-state index is 4.98. The summed E-state index contributed by atoms with van der Waals surface area (Å²) in [7, 11) is 2.17. The normalized spacial score (nSPS) is 22.4. The van der Waals surface area contributed by atoms with Crippen LogP contribution in [-0.4, -0.2) is 37.4 Å². The van der Waals surface area contributed by atoms with Crippen LogP contribution in [0.1, 0.15) is 38.5 Å². The number of likely N-dealkylation sites (tertiary alicyclic amines) is 1. The van der Waals surface area contributed by atoms with Crippen molar-refractivity contribution in [3.63, 3.8) is 0 Å². The Hall–Kier alpha value is -1.51. The first-order chi connectivity index (χ1) is 9.84. The molecule has 108 valence electrons. The van der Waals surface area contributed by atoms with Crippen LogP contribution in [0.25, 0.3) is 0 Å². The number of piperidine rings is 2. The van der Waals surface area contributed by atoms with Gasteiger partial charge in [-0.05, 0) is 44.2 Å². The van der Waals surface area contributed by atoms with E-state index < -0.39 is 0 Å². The van der Waals surface area contributed by atoms with E-state index in [1.807, 2.05) is 0 Å². The summed E-state index contributed by atoms with van der Waals surface area (Å²) in [5.74, 6) is 1.25. The van der Waals surface area contributed by atoms with E-state index in [2.05, 4.69) is 41.1 Å². The zero-order chi connectivity index (χ0) is 13.8. The van der Waals surface area contributed by atoms with Crippen molar-refractivity contribution in [3.05, 3.63) is 24.3 Å². The highest BCUT2D eigenvalue weighted by Crippen LogP contribution is 2.31. The maximum atomic E-state index is 4.98. The molecule has 2 aliphatic rings. The zero-order valence-electron chi connectivity index (χ0n) is 12.5. The molecule has 2 fully saturated rings. The van der Waals surface area contributed by atoms with E-state index in [0.29, 0.717) is 0 Å². The van der Waals surface area contributed by atoms with Gasteiger partial charge >= 0.3 is 0 Å². The van der Waals surface area contributed by atoms with Crippen LogP contribution in [-0.2, 0) is 0 Å². The molecule has 0 aliphatic carbocycles. The number of benzene rings is 1. The third-order valence-corrected chi connectivity index (χ3v) is 4.41. The molecule has 0 N–H and O–H groups in total. The quantitative estimate of drug-likeness (QED) is 0.814. The average molecular weight is 271 g/mol. The van der Waals surface area contributed by atoms with Gasteiger partial charge in [-0.3, -0.25) is 0 Å². The van der Waals surface area contributed by atoms with Crippen LogP contribution in [0.3, 0.4) is 0 Å². The van der Waals surface area contributed by atoms with Gasteiger partial charge in [0, 0.05) is 33.1 Å². The second-order valence-corrected chi connectivity index (χ2v) is 5.94. The number of hydrogen-bond donors (Lipinski definition) is 0. The minimum atomic E-state index is 1.12. The lowest BCUT2D eigenvalue weighted by Crippen LogP contribution is -2.32. The highest BCUT2D eigenvalue weighted by molar-refractivity contribution is 5.87. The van der Waals surface area contributed by atoms with Gasteiger partial charge in [-0.1, -0.05) is 12.1 Å². The molecule has 1 aromatic rings. The Morgan fingerprint density at radius 3 is 2.45 bits per heavy atom. The minimum Gasteiger partial charge on any atom is -0.370 e. The summed E-state index contributed by atoms with van der Waals surface area (Å²) in [5, 5.41) is 0. The summed E-state index contributed by atoms with van der Waals surface area (Å²) in [6, 6.07) is 8.64. The molecule has 0 spiro atoms.